The summed E-state index contributed by atoms with van der Waals surface area (Å²) in [7, 11) is 0. The van der Waals surface area contributed by atoms with Gasteiger partial charge in [0.15, 0.2) is 4.34 Å². The maximum Gasteiger partial charge on any atom is 0.233 e. The van der Waals surface area contributed by atoms with Gasteiger partial charge < -0.3 is 4.90 Å². The van der Waals surface area contributed by atoms with Crippen LogP contribution >= 0.6 is 23.1 Å². The summed E-state index contributed by atoms with van der Waals surface area (Å²) in [5.74, 6) is 0.619. The standard InChI is InChI=1S/C9H15N3OS2/c1-4-12(5-2)8(13)6-14-9-11-10-7(3)15-9/h4-6H2,1-3H3. The Morgan fingerprint density at radius 1 is 1.40 bits per heavy atom. The van der Waals surface area contributed by atoms with E-state index in [4.69, 9.17) is 0 Å². The molecule has 0 aliphatic heterocycles. The molecule has 4 nitrogen and oxygen atoms in total. The molecule has 1 amide bonds. The SMILES string of the molecule is CCN(CC)C(=O)CSc1nnc(C)s1. The molecular weight excluding hydrogens is 230 g/mol. The second-order valence-electron chi connectivity index (χ2n) is 2.94. The first-order chi connectivity index (χ1) is 7.17. The summed E-state index contributed by atoms with van der Waals surface area (Å²) in [6.07, 6.45) is 0. The number of rotatable bonds is 5. The van der Waals surface area contributed by atoms with Crippen LogP contribution in [0.2, 0.25) is 0 Å². The third-order valence-corrected chi connectivity index (χ3v) is 3.90. The van der Waals surface area contributed by atoms with Crippen molar-refractivity contribution in [1.29, 1.82) is 0 Å². The molecule has 0 aliphatic carbocycles. The van der Waals surface area contributed by atoms with E-state index in [0.717, 1.165) is 22.4 Å². The highest BCUT2D eigenvalue weighted by molar-refractivity contribution is 8.01. The minimum Gasteiger partial charge on any atom is -0.343 e. The number of amides is 1. The molecule has 0 saturated heterocycles. The summed E-state index contributed by atoms with van der Waals surface area (Å²) in [5, 5.41) is 8.80. The lowest BCUT2D eigenvalue weighted by Gasteiger charge is -2.17. The highest BCUT2D eigenvalue weighted by atomic mass is 32.2. The Hall–Kier alpha value is -0.620. The maximum absolute atomic E-state index is 11.6. The van der Waals surface area contributed by atoms with Crippen molar-refractivity contribution in [3.8, 4) is 0 Å². The van der Waals surface area contributed by atoms with E-state index in [9.17, 15) is 4.79 Å². The quantitative estimate of drug-likeness (QED) is 0.742. The first-order valence-electron chi connectivity index (χ1n) is 4.88. The second kappa shape index (κ2) is 6.07. The van der Waals surface area contributed by atoms with E-state index in [1.165, 1.54) is 23.1 Å². The van der Waals surface area contributed by atoms with Crippen LogP contribution < -0.4 is 0 Å². The molecule has 0 fully saturated rings. The van der Waals surface area contributed by atoms with Crippen molar-refractivity contribution in [3.05, 3.63) is 5.01 Å². The fourth-order valence-electron chi connectivity index (χ4n) is 1.13. The normalized spacial score (nSPS) is 10.3. The molecule has 0 aromatic carbocycles. The van der Waals surface area contributed by atoms with Crippen LogP contribution in [0.5, 0.6) is 0 Å². The van der Waals surface area contributed by atoms with Crippen LogP contribution in [0.3, 0.4) is 0 Å². The van der Waals surface area contributed by atoms with E-state index < -0.39 is 0 Å². The molecule has 1 aromatic rings. The van der Waals surface area contributed by atoms with Gasteiger partial charge in [0.25, 0.3) is 0 Å². The monoisotopic (exact) mass is 245 g/mol. The number of carbonyl (C=O) groups excluding carboxylic acids is 1. The molecule has 6 heteroatoms. The predicted octanol–water partition coefficient (Wildman–Crippen LogP) is 1.81. The highest BCUT2D eigenvalue weighted by Gasteiger charge is 2.11. The summed E-state index contributed by atoms with van der Waals surface area (Å²) >= 11 is 2.99. The van der Waals surface area contributed by atoms with Crippen LogP contribution in [-0.4, -0.2) is 39.8 Å². The molecule has 15 heavy (non-hydrogen) atoms. The van der Waals surface area contributed by atoms with E-state index in [0.29, 0.717) is 5.75 Å². The minimum atomic E-state index is 0.165. The first-order valence-corrected chi connectivity index (χ1v) is 6.68. The fraction of sp³-hybridized carbons (Fsp3) is 0.667. The number of aryl methyl sites for hydroxylation is 1. The Morgan fingerprint density at radius 2 is 2.07 bits per heavy atom. The van der Waals surface area contributed by atoms with Gasteiger partial charge in [-0.05, 0) is 20.8 Å². The fourth-order valence-corrected chi connectivity index (χ4v) is 2.85. The zero-order chi connectivity index (χ0) is 11.3. The number of aromatic nitrogens is 2. The van der Waals surface area contributed by atoms with Crippen LogP contribution in [-0.2, 0) is 4.79 Å². The van der Waals surface area contributed by atoms with Crippen molar-refractivity contribution < 1.29 is 4.79 Å². The largest absolute Gasteiger partial charge is 0.343 e. The van der Waals surface area contributed by atoms with Crippen LogP contribution in [0.4, 0.5) is 0 Å². The van der Waals surface area contributed by atoms with Crippen LogP contribution in [0.15, 0.2) is 4.34 Å². The lowest BCUT2D eigenvalue weighted by molar-refractivity contribution is -0.127. The van der Waals surface area contributed by atoms with Crippen LogP contribution in [0.1, 0.15) is 18.9 Å². The molecule has 0 saturated carbocycles. The second-order valence-corrected chi connectivity index (χ2v) is 5.35. The molecule has 0 aliphatic rings. The van der Waals surface area contributed by atoms with Crippen molar-refractivity contribution in [2.75, 3.05) is 18.8 Å². The van der Waals surface area contributed by atoms with E-state index in [-0.39, 0.29) is 5.91 Å². The summed E-state index contributed by atoms with van der Waals surface area (Å²) in [4.78, 5) is 13.5. The lowest BCUT2D eigenvalue weighted by atomic mass is 10.5. The first kappa shape index (κ1) is 12.4. The maximum atomic E-state index is 11.6. The van der Waals surface area contributed by atoms with Crippen LogP contribution in [0, 0.1) is 6.92 Å². The van der Waals surface area contributed by atoms with E-state index >= 15 is 0 Å². The molecule has 0 spiro atoms. The van der Waals surface area contributed by atoms with E-state index in [1.54, 1.807) is 0 Å². The van der Waals surface area contributed by atoms with Gasteiger partial charge in [-0.1, -0.05) is 23.1 Å². The van der Waals surface area contributed by atoms with Gasteiger partial charge in [-0.25, -0.2) is 0 Å². The highest BCUT2D eigenvalue weighted by Crippen LogP contribution is 2.21. The zero-order valence-electron chi connectivity index (χ0n) is 9.19. The van der Waals surface area contributed by atoms with Crippen molar-refractivity contribution in [3.63, 3.8) is 0 Å². The average molecular weight is 245 g/mol. The van der Waals surface area contributed by atoms with Gasteiger partial charge in [-0.2, -0.15) is 0 Å². The van der Waals surface area contributed by atoms with Gasteiger partial charge >= 0.3 is 0 Å². The van der Waals surface area contributed by atoms with E-state index in [1.807, 2.05) is 25.7 Å². The molecular formula is C9H15N3OS2. The third kappa shape index (κ3) is 3.79. The molecule has 0 atom stereocenters. The lowest BCUT2D eigenvalue weighted by Crippen LogP contribution is -2.31. The van der Waals surface area contributed by atoms with Gasteiger partial charge in [0.2, 0.25) is 5.91 Å². The minimum absolute atomic E-state index is 0.165. The number of nitrogens with zero attached hydrogens (tertiary/aromatic N) is 3. The van der Waals surface area contributed by atoms with Crippen molar-refractivity contribution in [1.82, 2.24) is 15.1 Å². The van der Waals surface area contributed by atoms with Gasteiger partial charge in [-0.15, -0.1) is 10.2 Å². The topological polar surface area (TPSA) is 46.1 Å². The van der Waals surface area contributed by atoms with Gasteiger partial charge in [0.05, 0.1) is 5.75 Å². The smallest absolute Gasteiger partial charge is 0.233 e. The number of hydrogen-bond acceptors (Lipinski definition) is 5. The number of thioether (sulfide) groups is 1. The van der Waals surface area contributed by atoms with Crippen LogP contribution in [0.25, 0.3) is 0 Å². The molecule has 0 N–H and O–H groups in total. The molecule has 0 unspecified atom stereocenters. The van der Waals surface area contributed by atoms with E-state index in [2.05, 4.69) is 10.2 Å². The molecule has 0 bridgehead atoms. The Bertz CT molecular complexity index is 323. The average Bonchev–Trinajstić information content (AvgIpc) is 2.63. The predicted molar refractivity (Wildman–Crippen MR) is 63.3 cm³/mol. The molecule has 1 heterocycles. The summed E-state index contributed by atoms with van der Waals surface area (Å²) in [6, 6.07) is 0. The summed E-state index contributed by atoms with van der Waals surface area (Å²) in [5.41, 5.74) is 0. The van der Waals surface area contributed by atoms with Gasteiger partial charge in [-0.3, -0.25) is 4.79 Å². The summed E-state index contributed by atoms with van der Waals surface area (Å²) in [6.45, 7) is 7.42. The Morgan fingerprint density at radius 3 is 2.53 bits per heavy atom. The van der Waals surface area contributed by atoms with Gasteiger partial charge in [0, 0.05) is 13.1 Å². The summed E-state index contributed by atoms with van der Waals surface area (Å²) < 4.78 is 0.869. The Labute approximate surface area is 98.1 Å². The third-order valence-electron chi connectivity index (χ3n) is 1.94. The molecule has 0 radical (unpaired) electrons. The number of hydrogen-bond donors (Lipinski definition) is 0. The molecule has 1 rings (SSSR count). The van der Waals surface area contributed by atoms with Crippen molar-refractivity contribution in [2.45, 2.75) is 25.1 Å². The van der Waals surface area contributed by atoms with Crippen molar-refractivity contribution in [2.24, 2.45) is 0 Å². The zero-order valence-corrected chi connectivity index (χ0v) is 10.8. The number of carbonyl (C=O) groups is 1. The Balaban J connectivity index is 2.40. The molecule has 84 valence electrons. The molecule has 1 aromatic heterocycles. The Kier molecular flexibility index (Phi) is 5.04. The van der Waals surface area contributed by atoms with Crippen molar-refractivity contribution >= 4 is 29.0 Å². The van der Waals surface area contributed by atoms with Gasteiger partial charge in [0.1, 0.15) is 5.01 Å².